The van der Waals surface area contributed by atoms with Gasteiger partial charge in [0, 0.05) is 25.2 Å². The van der Waals surface area contributed by atoms with Gasteiger partial charge in [0.25, 0.3) is 0 Å². The van der Waals surface area contributed by atoms with Crippen molar-refractivity contribution in [3.8, 4) is 0 Å². The number of hydrogen-bond acceptors (Lipinski definition) is 3. The number of anilines is 1. The van der Waals surface area contributed by atoms with Crippen LogP contribution in [-0.2, 0) is 0 Å². The first kappa shape index (κ1) is 21.5. The van der Waals surface area contributed by atoms with Crippen molar-refractivity contribution in [1.82, 2.24) is 0 Å². The number of benzene rings is 1. The fourth-order valence-corrected chi connectivity index (χ4v) is 8.32. The van der Waals surface area contributed by atoms with E-state index in [1.807, 2.05) is 0 Å². The average Bonchev–Trinajstić information content (AvgIpc) is 2.99. The van der Waals surface area contributed by atoms with Crippen LogP contribution in [0.1, 0.15) is 70.8 Å². The van der Waals surface area contributed by atoms with E-state index in [1.165, 1.54) is 42.5 Å². The lowest BCUT2D eigenvalue weighted by molar-refractivity contribution is -0.133. The van der Waals surface area contributed by atoms with Crippen LogP contribution in [0.4, 0.5) is 5.69 Å². The zero-order valence-electron chi connectivity index (χ0n) is 19.8. The summed E-state index contributed by atoms with van der Waals surface area (Å²) in [7, 11) is 4.14. The second-order valence-electron chi connectivity index (χ2n) is 11.9. The highest BCUT2D eigenvalue weighted by molar-refractivity contribution is 5.59. The fraction of sp³-hybridized carbons (Fsp3) is 0.714. The van der Waals surface area contributed by atoms with E-state index in [4.69, 9.17) is 0 Å². The molecule has 3 nitrogen and oxygen atoms in total. The summed E-state index contributed by atoms with van der Waals surface area (Å²) >= 11 is 0. The summed E-state index contributed by atoms with van der Waals surface area (Å²) in [5, 5.41) is 21.7. The number of aliphatic hydroxyl groups is 2. The van der Waals surface area contributed by atoms with Gasteiger partial charge in [0.2, 0.25) is 0 Å². The van der Waals surface area contributed by atoms with E-state index in [0.29, 0.717) is 17.3 Å². The summed E-state index contributed by atoms with van der Waals surface area (Å²) in [6.07, 6.45) is 11.1. The minimum absolute atomic E-state index is 0.0218. The molecule has 2 N–H and O–H groups in total. The molecule has 170 valence electrons. The van der Waals surface area contributed by atoms with Crippen molar-refractivity contribution in [2.24, 2.45) is 34.5 Å². The summed E-state index contributed by atoms with van der Waals surface area (Å²) in [5.41, 5.74) is 4.07. The van der Waals surface area contributed by atoms with Crippen LogP contribution in [0.2, 0.25) is 0 Å². The van der Waals surface area contributed by atoms with Crippen LogP contribution < -0.4 is 4.90 Å². The van der Waals surface area contributed by atoms with E-state index in [0.717, 1.165) is 37.5 Å². The second kappa shape index (κ2) is 7.63. The molecule has 8 atom stereocenters. The Balaban J connectivity index is 1.40. The molecular weight excluding hydrogens is 382 g/mol. The highest BCUT2D eigenvalue weighted by atomic mass is 16.3. The third-order valence-electron chi connectivity index (χ3n) is 10.3. The van der Waals surface area contributed by atoms with E-state index >= 15 is 0 Å². The quantitative estimate of drug-likeness (QED) is 0.659. The zero-order valence-corrected chi connectivity index (χ0v) is 19.8. The molecule has 5 rings (SSSR count). The van der Waals surface area contributed by atoms with Gasteiger partial charge in [0.1, 0.15) is 0 Å². The van der Waals surface area contributed by atoms with Gasteiger partial charge in [-0.25, -0.2) is 0 Å². The Morgan fingerprint density at radius 3 is 2.32 bits per heavy atom. The van der Waals surface area contributed by atoms with E-state index in [9.17, 15) is 10.2 Å². The molecule has 4 aliphatic carbocycles. The molecule has 0 unspecified atom stereocenters. The Hall–Kier alpha value is -1.32. The average molecular weight is 424 g/mol. The second-order valence-corrected chi connectivity index (χ2v) is 11.9. The van der Waals surface area contributed by atoms with Gasteiger partial charge in [-0.15, -0.1) is 0 Å². The Morgan fingerprint density at radius 2 is 1.61 bits per heavy atom. The topological polar surface area (TPSA) is 43.7 Å². The molecule has 4 aliphatic rings. The van der Waals surface area contributed by atoms with Gasteiger partial charge >= 0.3 is 0 Å². The number of fused-ring (bicyclic) bond motifs is 5. The Labute approximate surface area is 188 Å². The van der Waals surface area contributed by atoms with Crippen LogP contribution in [-0.4, -0.2) is 36.5 Å². The molecule has 3 heteroatoms. The summed E-state index contributed by atoms with van der Waals surface area (Å²) < 4.78 is 0. The molecule has 0 spiro atoms. The molecule has 0 aromatic heterocycles. The van der Waals surface area contributed by atoms with Crippen molar-refractivity contribution in [2.75, 3.05) is 19.0 Å². The van der Waals surface area contributed by atoms with Gasteiger partial charge in [0.15, 0.2) is 0 Å². The van der Waals surface area contributed by atoms with Crippen LogP contribution >= 0.6 is 0 Å². The lowest BCUT2D eigenvalue weighted by Gasteiger charge is -2.60. The molecule has 0 amide bonds. The summed E-state index contributed by atoms with van der Waals surface area (Å²) in [6.45, 7) is 4.91. The Morgan fingerprint density at radius 1 is 0.903 bits per heavy atom. The molecule has 0 saturated heterocycles. The first-order chi connectivity index (χ1) is 14.7. The monoisotopic (exact) mass is 423 g/mol. The number of hydrogen-bond donors (Lipinski definition) is 2. The SMILES string of the molecule is CN(C)c1ccc(/C=C2\C[C@H]3[C@@H]4CC[C@@H]5C[C@@H](O)CC[C@]5(C)[C@H]4CC[C@]3(C)[C@H]2O)cc1. The normalized spacial score (nSPS) is 45.7. The van der Waals surface area contributed by atoms with Crippen molar-refractivity contribution in [3.63, 3.8) is 0 Å². The molecule has 31 heavy (non-hydrogen) atoms. The lowest BCUT2D eigenvalue weighted by atomic mass is 9.45. The first-order valence-corrected chi connectivity index (χ1v) is 12.6. The number of nitrogens with zero attached hydrogens (tertiary/aromatic N) is 1. The van der Waals surface area contributed by atoms with Crippen LogP contribution in [0.5, 0.6) is 0 Å². The van der Waals surface area contributed by atoms with Crippen LogP contribution in [0.25, 0.3) is 6.08 Å². The predicted octanol–water partition coefficient (Wildman–Crippen LogP) is 5.51. The minimum Gasteiger partial charge on any atom is -0.393 e. The van der Waals surface area contributed by atoms with Crippen LogP contribution in [0.3, 0.4) is 0 Å². The standard InChI is InChI=1S/C28H41NO2/c1-27-13-11-22(30)17-20(27)7-10-23-24(27)12-14-28(2)25(23)16-19(26(28)31)15-18-5-8-21(9-6-18)29(3)4/h5-6,8-9,15,20,22-26,30-31H,7,10-14,16-17H2,1-4H3/b19-15+/t20-,22+,23-,24+,25+,26+,27+,28+/m1/s1. The molecule has 0 radical (unpaired) electrons. The fourth-order valence-electron chi connectivity index (χ4n) is 8.32. The summed E-state index contributed by atoms with van der Waals surface area (Å²) in [6, 6.07) is 8.69. The molecule has 4 fully saturated rings. The van der Waals surface area contributed by atoms with Crippen molar-refractivity contribution < 1.29 is 10.2 Å². The van der Waals surface area contributed by atoms with E-state index in [-0.39, 0.29) is 17.6 Å². The maximum Gasteiger partial charge on any atom is 0.0809 e. The molecule has 0 aliphatic heterocycles. The maximum atomic E-state index is 11.5. The van der Waals surface area contributed by atoms with E-state index < -0.39 is 0 Å². The molecule has 1 aromatic rings. The molecular formula is C28H41NO2. The van der Waals surface area contributed by atoms with E-state index in [2.05, 4.69) is 63.2 Å². The van der Waals surface area contributed by atoms with Gasteiger partial charge < -0.3 is 15.1 Å². The molecule has 0 bridgehead atoms. The highest BCUT2D eigenvalue weighted by Gasteiger charge is 2.61. The first-order valence-electron chi connectivity index (χ1n) is 12.6. The number of aliphatic hydroxyl groups excluding tert-OH is 2. The van der Waals surface area contributed by atoms with Crippen molar-refractivity contribution in [1.29, 1.82) is 0 Å². The van der Waals surface area contributed by atoms with Gasteiger partial charge in [-0.3, -0.25) is 0 Å². The van der Waals surface area contributed by atoms with Crippen LogP contribution in [0, 0.1) is 34.5 Å². The summed E-state index contributed by atoms with van der Waals surface area (Å²) in [4.78, 5) is 2.12. The summed E-state index contributed by atoms with van der Waals surface area (Å²) in [5.74, 6) is 2.78. The third-order valence-corrected chi connectivity index (χ3v) is 10.3. The maximum absolute atomic E-state index is 11.5. The predicted molar refractivity (Wildman–Crippen MR) is 128 cm³/mol. The Bertz CT molecular complexity index is 845. The van der Waals surface area contributed by atoms with Gasteiger partial charge in [-0.05, 0) is 104 Å². The van der Waals surface area contributed by atoms with E-state index in [1.54, 1.807) is 0 Å². The van der Waals surface area contributed by atoms with Crippen molar-refractivity contribution >= 4 is 11.8 Å². The molecule has 1 aromatic carbocycles. The van der Waals surface area contributed by atoms with Crippen molar-refractivity contribution in [3.05, 3.63) is 35.4 Å². The largest absolute Gasteiger partial charge is 0.393 e. The van der Waals surface area contributed by atoms with Crippen LogP contribution in [0.15, 0.2) is 29.8 Å². The molecule has 4 saturated carbocycles. The van der Waals surface area contributed by atoms with Gasteiger partial charge in [-0.1, -0.05) is 32.1 Å². The highest BCUT2D eigenvalue weighted by Crippen LogP contribution is 2.67. The third kappa shape index (κ3) is 3.38. The van der Waals surface area contributed by atoms with Gasteiger partial charge in [-0.2, -0.15) is 0 Å². The van der Waals surface area contributed by atoms with Crippen molar-refractivity contribution in [2.45, 2.75) is 77.4 Å². The smallest absolute Gasteiger partial charge is 0.0809 e. The minimum atomic E-state index is -0.314. The van der Waals surface area contributed by atoms with Gasteiger partial charge in [0.05, 0.1) is 12.2 Å². The zero-order chi connectivity index (χ0) is 22.0. The Kier molecular flexibility index (Phi) is 5.29. The lowest BCUT2D eigenvalue weighted by Crippen LogP contribution is -2.54. The number of rotatable bonds is 2. The molecule has 0 heterocycles.